The predicted molar refractivity (Wildman–Crippen MR) is 209 cm³/mol. The first-order valence-corrected chi connectivity index (χ1v) is 20.0. The lowest BCUT2D eigenvalue weighted by Gasteiger charge is -2.58. The summed E-state index contributed by atoms with van der Waals surface area (Å²) in [5, 5.41) is 25.8. The molecule has 3 aromatic rings. The number of aliphatic hydroxyl groups excluding tert-OH is 1. The van der Waals surface area contributed by atoms with Gasteiger partial charge in [-0.15, -0.1) is 0 Å². The summed E-state index contributed by atoms with van der Waals surface area (Å²) >= 11 is 0. The highest BCUT2D eigenvalue weighted by molar-refractivity contribution is 6.15. The zero-order chi connectivity index (χ0) is 38.6. The molecule has 2 aromatic carbocycles. The minimum Gasteiger partial charge on any atom is -0.496 e. The van der Waals surface area contributed by atoms with E-state index in [0.717, 1.165) is 52.7 Å². The summed E-state index contributed by atoms with van der Waals surface area (Å²) in [7, 11) is 6.55. The van der Waals surface area contributed by atoms with Crippen LogP contribution in [-0.4, -0.2) is 109 Å². The number of piperidine rings is 3. The average molecular weight is 751 g/mol. The van der Waals surface area contributed by atoms with E-state index in [2.05, 4.69) is 46.0 Å². The number of H-pyrrole nitrogens is 1. The molecule has 0 radical (unpaired) electrons. The number of carbonyl (C=O) groups excluding carboxylic acids is 2. The number of fused-ring (bicyclic) bond motifs is 9. The predicted octanol–water partition coefficient (Wildman–Crippen LogP) is 5.24. The summed E-state index contributed by atoms with van der Waals surface area (Å²) in [5.41, 5.74) is 3.03. The molecule has 0 amide bonds. The number of carbonyl (C=O) groups is 2. The first kappa shape index (κ1) is 36.6. The smallest absolute Gasteiger partial charge is 0.319 e. The van der Waals surface area contributed by atoms with Crippen molar-refractivity contribution >= 4 is 34.2 Å². The fourth-order valence-electron chi connectivity index (χ4n) is 12.8. The third-order valence-corrected chi connectivity index (χ3v) is 15.0. The first-order chi connectivity index (χ1) is 26.5. The van der Waals surface area contributed by atoms with Crippen LogP contribution in [0.2, 0.25) is 0 Å². The Labute approximate surface area is 322 Å². The molecule has 1 unspecified atom stereocenters. The Hall–Kier alpha value is -4.03. The number of esters is 2. The van der Waals surface area contributed by atoms with Gasteiger partial charge < -0.3 is 29.4 Å². The number of hydrogen-bond donors (Lipinski definition) is 3. The molecular weight excluding hydrogens is 697 g/mol. The van der Waals surface area contributed by atoms with Crippen LogP contribution in [0.5, 0.6) is 5.75 Å². The van der Waals surface area contributed by atoms with E-state index in [9.17, 15) is 19.8 Å². The number of aliphatic hydroxyl groups is 2. The fourth-order valence-corrected chi connectivity index (χ4v) is 12.8. The van der Waals surface area contributed by atoms with Crippen molar-refractivity contribution in [3.8, 4) is 5.75 Å². The van der Waals surface area contributed by atoms with Gasteiger partial charge in [-0.2, -0.15) is 0 Å². The van der Waals surface area contributed by atoms with Crippen LogP contribution in [0.3, 0.4) is 0 Å². The van der Waals surface area contributed by atoms with Crippen molar-refractivity contribution in [1.82, 2.24) is 14.8 Å². The second-order valence-electron chi connectivity index (χ2n) is 17.2. The van der Waals surface area contributed by atoms with Gasteiger partial charge in [0.25, 0.3) is 0 Å². The number of methoxy groups -OCH3 is 3. The molecule has 5 aliphatic heterocycles. The lowest BCUT2D eigenvalue weighted by Crippen LogP contribution is -2.68. The number of aliphatic imine (C=N–C) groups is 1. The number of hydrogen-bond acceptors (Lipinski definition) is 10. The van der Waals surface area contributed by atoms with E-state index in [1.165, 1.54) is 14.2 Å². The van der Waals surface area contributed by atoms with E-state index in [1.807, 2.05) is 32.2 Å². The molecule has 10 atom stereocenters. The molecule has 3 N–H and O–H groups in total. The van der Waals surface area contributed by atoms with Gasteiger partial charge in [-0.1, -0.05) is 43.2 Å². The maximum absolute atomic E-state index is 14.3. The molecule has 6 bridgehead atoms. The molecule has 1 aromatic heterocycles. The van der Waals surface area contributed by atoms with Crippen molar-refractivity contribution in [1.29, 1.82) is 0 Å². The van der Waals surface area contributed by atoms with E-state index in [0.29, 0.717) is 73.3 Å². The zero-order valence-corrected chi connectivity index (χ0v) is 32.9. The standard InChI is InChI=1S/C44H54N4O7/c1-7-25-15-24-20-42(40(50)54-5)38(25)48(21-24)14-13-44(52)32-16-28(35(53-4)19-34(32)46-39(42)44)29-17-31-26(8-2)22-47(3)36(43(31,23-49)41(51)55-6)18-30-27-11-9-10-12-33(27)45-37(29)30/h8-12,16,19,24-25,29,31,36,38,45,49,52H,7,13-15,17-18,20-23H2,1-6H3/b26-8-/t24-,25+,29+,31-,36+,38+,42+,43+,44+/m1/s1. The van der Waals surface area contributed by atoms with Crippen molar-refractivity contribution in [2.75, 3.05) is 54.6 Å². The molecule has 7 aliphatic rings. The maximum Gasteiger partial charge on any atom is 0.319 e. The van der Waals surface area contributed by atoms with Crippen LogP contribution in [0.4, 0.5) is 5.69 Å². The van der Waals surface area contributed by atoms with Crippen LogP contribution in [0.25, 0.3) is 10.9 Å². The van der Waals surface area contributed by atoms with Gasteiger partial charge >= 0.3 is 11.9 Å². The fraction of sp³-hybridized carbons (Fsp3) is 0.568. The molecule has 11 nitrogen and oxygen atoms in total. The molecular formula is C44H54N4O7. The van der Waals surface area contributed by atoms with Crippen LogP contribution < -0.4 is 4.74 Å². The number of likely N-dealkylation sites (tertiary alicyclic amines) is 1. The van der Waals surface area contributed by atoms with E-state index < -0.39 is 22.4 Å². The molecule has 292 valence electrons. The number of aromatic nitrogens is 1. The number of para-hydroxylation sites is 1. The Morgan fingerprint density at radius 1 is 1.11 bits per heavy atom. The average Bonchev–Trinajstić information content (AvgIpc) is 3.69. The number of likely N-dealkylation sites (N-methyl/N-ethyl adjacent to an activating group) is 1. The molecule has 11 heteroatoms. The largest absolute Gasteiger partial charge is 0.496 e. The van der Waals surface area contributed by atoms with Gasteiger partial charge in [0.15, 0.2) is 0 Å². The number of rotatable bonds is 6. The third-order valence-electron chi connectivity index (χ3n) is 15.0. The Kier molecular flexibility index (Phi) is 8.66. The van der Waals surface area contributed by atoms with Gasteiger partial charge in [0.05, 0.1) is 39.3 Å². The Morgan fingerprint density at radius 2 is 1.89 bits per heavy atom. The van der Waals surface area contributed by atoms with Gasteiger partial charge in [-0.05, 0) is 75.6 Å². The minimum absolute atomic E-state index is 0.0977. The van der Waals surface area contributed by atoms with Crippen molar-refractivity contribution in [3.05, 3.63) is 70.4 Å². The summed E-state index contributed by atoms with van der Waals surface area (Å²) in [6.07, 6.45) is 6.09. The van der Waals surface area contributed by atoms with Crippen LogP contribution in [0.15, 0.2) is 53.0 Å². The summed E-state index contributed by atoms with van der Waals surface area (Å²) in [4.78, 5) is 42.2. The molecule has 5 fully saturated rings. The Morgan fingerprint density at radius 3 is 2.60 bits per heavy atom. The number of aromatic amines is 1. The Bertz CT molecular complexity index is 2140. The highest BCUT2D eigenvalue weighted by atomic mass is 16.5. The van der Waals surface area contributed by atoms with Crippen LogP contribution in [-0.2, 0) is 31.1 Å². The number of benzene rings is 2. The lowest BCUT2D eigenvalue weighted by atomic mass is 9.54. The molecule has 10 rings (SSSR count). The van der Waals surface area contributed by atoms with E-state index in [1.54, 1.807) is 7.11 Å². The summed E-state index contributed by atoms with van der Waals surface area (Å²) in [6, 6.07) is 11.8. The van der Waals surface area contributed by atoms with Crippen LogP contribution >= 0.6 is 0 Å². The van der Waals surface area contributed by atoms with Crippen molar-refractivity contribution < 1.29 is 34.0 Å². The third kappa shape index (κ3) is 4.79. The summed E-state index contributed by atoms with van der Waals surface area (Å²) < 4.78 is 17.5. The number of ether oxygens (including phenoxy) is 3. The molecule has 6 heterocycles. The van der Waals surface area contributed by atoms with Gasteiger partial charge in [-0.25, -0.2) is 0 Å². The number of nitrogens with zero attached hydrogens (tertiary/aromatic N) is 3. The number of allylic oxidation sites excluding steroid dienone is 1. The van der Waals surface area contributed by atoms with Gasteiger partial charge in [0.1, 0.15) is 22.2 Å². The van der Waals surface area contributed by atoms with Gasteiger partial charge in [-0.3, -0.25) is 24.4 Å². The number of nitrogens with one attached hydrogen (secondary N) is 1. The quantitative estimate of drug-likeness (QED) is 0.228. The van der Waals surface area contributed by atoms with Gasteiger partial charge in [0, 0.05) is 77.3 Å². The maximum atomic E-state index is 14.3. The van der Waals surface area contributed by atoms with E-state index in [-0.39, 0.29) is 36.5 Å². The second kappa shape index (κ2) is 13.0. The van der Waals surface area contributed by atoms with E-state index >= 15 is 0 Å². The normalized spacial score (nSPS) is 36.9. The monoisotopic (exact) mass is 750 g/mol. The molecule has 4 saturated heterocycles. The topological polar surface area (TPSA) is 137 Å². The molecule has 1 saturated carbocycles. The van der Waals surface area contributed by atoms with Crippen molar-refractivity contribution in [2.45, 2.75) is 76.0 Å². The highest BCUT2D eigenvalue weighted by Crippen LogP contribution is 2.61. The summed E-state index contributed by atoms with van der Waals surface area (Å²) in [6.45, 7) is 6.03. The van der Waals surface area contributed by atoms with Crippen molar-refractivity contribution in [3.63, 3.8) is 0 Å². The van der Waals surface area contributed by atoms with Crippen molar-refractivity contribution in [2.24, 2.45) is 33.6 Å². The van der Waals surface area contributed by atoms with Gasteiger partial charge in [0.2, 0.25) is 0 Å². The minimum atomic E-state index is -1.50. The van der Waals surface area contributed by atoms with Crippen LogP contribution in [0, 0.1) is 28.6 Å². The molecule has 55 heavy (non-hydrogen) atoms. The SMILES string of the molecule is C/C=C1/CN(C)[C@H]2Cc3c([nH]c4ccccc34)[C@H](c3cc4c(cc3OC)N=C3[C@]5(C(=O)OC)C[C@H]6C[C@H](CC)[C@@H]5N(CC[C@@]34O)C6)C[C@H]1[C@]2(CO)C(=O)OC. The first-order valence-electron chi connectivity index (χ1n) is 20.0. The lowest BCUT2D eigenvalue weighted by molar-refractivity contribution is -0.169. The second-order valence-corrected chi connectivity index (χ2v) is 17.2. The van der Waals surface area contributed by atoms with E-state index in [4.69, 9.17) is 19.2 Å². The Balaban J connectivity index is 1.27. The molecule has 2 aliphatic carbocycles. The zero-order valence-electron chi connectivity index (χ0n) is 32.9. The van der Waals surface area contributed by atoms with Crippen LogP contribution in [0.1, 0.15) is 74.3 Å². The summed E-state index contributed by atoms with van der Waals surface area (Å²) in [5.74, 6) is -0.209. The highest BCUT2D eigenvalue weighted by Gasteiger charge is 2.69. The molecule has 0 spiro atoms.